The first-order valence-corrected chi connectivity index (χ1v) is 9.63. The third kappa shape index (κ3) is 4.19. The van der Waals surface area contributed by atoms with Crippen LogP contribution in [-0.4, -0.2) is 25.1 Å². The second kappa shape index (κ2) is 7.88. The van der Waals surface area contributed by atoms with E-state index in [2.05, 4.69) is 36.6 Å². The average molecular weight is 453 g/mol. The lowest BCUT2D eigenvalue weighted by Gasteiger charge is -2.08. The summed E-state index contributed by atoms with van der Waals surface area (Å²) in [6.45, 7) is 1.68. The summed E-state index contributed by atoms with van der Waals surface area (Å²) in [5, 5.41) is 10.1. The molecule has 29 heavy (non-hydrogen) atoms. The summed E-state index contributed by atoms with van der Waals surface area (Å²) in [7, 11) is 0. The minimum absolute atomic E-state index is 0.209. The maximum absolute atomic E-state index is 12.5. The Labute approximate surface area is 174 Å². The highest BCUT2D eigenvalue weighted by Gasteiger charge is 2.13. The lowest BCUT2D eigenvalue weighted by atomic mass is 10.2. The fourth-order valence-corrected chi connectivity index (χ4v) is 3.32. The zero-order chi connectivity index (χ0) is 20.4. The molecule has 1 amide bonds. The minimum atomic E-state index is -0.429. The zero-order valence-electron chi connectivity index (χ0n) is 15.5. The van der Waals surface area contributed by atoms with Crippen LogP contribution in [-0.2, 0) is 11.3 Å². The molecule has 0 atom stereocenters. The molecule has 0 saturated carbocycles. The normalized spacial score (nSPS) is 10.8. The third-order valence-electron chi connectivity index (χ3n) is 4.26. The molecule has 0 unspecified atom stereocenters. The smallest absolute Gasteiger partial charge is 0.340 e. The molecule has 2 aromatic heterocycles. The molecule has 2 heterocycles. The molecule has 2 N–H and O–H groups in total. The summed E-state index contributed by atoms with van der Waals surface area (Å²) < 4.78 is 3.32. The van der Waals surface area contributed by atoms with Gasteiger partial charge in [-0.25, -0.2) is 13.9 Å². The zero-order valence-corrected chi connectivity index (χ0v) is 17.0. The number of nitrogens with one attached hydrogen (secondary N) is 2. The molecule has 0 saturated heterocycles. The average Bonchev–Trinajstić information content (AvgIpc) is 3.00. The lowest BCUT2D eigenvalue weighted by Crippen LogP contribution is -2.28. The molecular weight excluding hydrogens is 436 g/mol. The van der Waals surface area contributed by atoms with Gasteiger partial charge in [-0.2, -0.15) is 4.98 Å². The van der Waals surface area contributed by atoms with Gasteiger partial charge in [0.1, 0.15) is 12.4 Å². The molecule has 9 heteroatoms. The summed E-state index contributed by atoms with van der Waals surface area (Å²) in [4.78, 5) is 29.3. The largest absolute Gasteiger partial charge is 0.352 e. The van der Waals surface area contributed by atoms with E-state index in [1.165, 1.54) is 4.40 Å². The number of amides is 1. The molecule has 0 spiro atoms. The number of hydrogen-bond donors (Lipinski definition) is 2. The maximum Gasteiger partial charge on any atom is 0.352 e. The number of para-hydroxylation sites is 1. The number of rotatable bonds is 5. The van der Waals surface area contributed by atoms with E-state index in [1.54, 1.807) is 18.3 Å². The molecule has 4 rings (SSSR count). The van der Waals surface area contributed by atoms with Crippen LogP contribution < -0.4 is 16.3 Å². The first-order chi connectivity index (χ1) is 14.0. The third-order valence-corrected chi connectivity index (χ3v) is 4.75. The quantitative estimate of drug-likeness (QED) is 0.484. The van der Waals surface area contributed by atoms with Crippen molar-refractivity contribution in [3.63, 3.8) is 0 Å². The Hall–Kier alpha value is -3.46. The van der Waals surface area contributed by atoms with Crippen molar-refractivity contribution in [1.29, 1.82) is 0 Å². The molecule has 2 aromatic carbocycles. The predicted molar refractivity (Wildman–Crippen MR) is 114 cm³/mol. The Balaban J connectivity index is 1.53. The number of nitrogens with zero attached hydrogens (tertiary/aromatic N) is 4. The van der Waals surface area contributed by atoms with E-state index in [1.807, 2.05) is 49.4 Å². The number of carbonyl (C=O) groups excluding carboxylic acids is 1. The van der Waals surface area contributed by atoms with Crippen molar-refractivity contribution in [3.8, 4) is 0 Å². The topological polar surface area (TPSA) is 93.3 Å². The molecule has 0 aliphatic carbocycles. The molecule has 146 valence electrons. The Morgan fingerprint density at radius 2 is 1.93 bits per heavy atom. The summed E-state index contributed by atoms with van der Waals surface area (Å²) in [5.74, 6) is 0.419. The van der Waals surface area contributed by atoms with Crippen LogP contribution in [0.1, 0.15) is 5.56 Å². The van der Waals surface area contributed by atoms with Crippen molar-refractivity contribution in [1.82, 2.24) is 19.2 Å². The van der Waals surface area contributed by atoms with E-state index in [4.69, 9.17) is 0 Å². The van der Waals surface area contributed by atoms with E-state index in [9.17, 15) is 9.59 Å². The van der Waals surface area contributed by atoms with Gasteiger partial charge in [-0.1, -0.05) is 34.1 Å². The number of aromatic nitrogens is 4. The highest BCUT2D eigenvalue weighted by Crippen LogP contribution is 2.20. The summed E-state index contributed by atoms with van der Waals surface area (Å²) >= 11 is 3.39. The highest BCUT2D eigenvalue weighted by atomic mass is 79.9. The first-order valence-electron chi connectivity index (χ1n) is 8.84. The van der Waals surface area contributed by atoms with E-state index in [0.29, 0.717) is 11.5 Å². The predicted octanol–water partition coefficient (Wildman–Crippen LogP) is 3.34. The van der Waals surface area contributed by atoms with E-state index in [-0.39, 0.29) is 18.2 Å². The van der Waals surface area contributed by atoms with Crippen molar-refractivity contribution in [3.05, 3.63) is 81.3 Å². The van der Waals surface area contributed by atoms with Gasteiger partial charge in [-0.3, -0.25) is 4.79 Å². The van der Waals surface area contributed by atoms with Crippen LogP contribution in [0.25, 0.3) is 5.78 Å². The van der Waals surface area contributed by atoms with Crippen molar-refractivity contribution < 1.29 is 4.79 Å². The van der Waals surface area contributed by atoms with Crippen LogP contribution in [0.4, 0.5) is 17.2 Å². The number of benzene rings is 2. The van der Waals surface area contributed by atoms with Gasteiger partial charge in [0, 0.05) is 22.0 Å². The molecule has 8 nitrogen and oxygen atoms in total. The van der Waals surface area contributed by atoms with Gasteiger partial charge >= 0.3 is 5.69 Å². The van der Waals surface area contributed by atoms with E-state index in [0.717, 1.165) is 20.4 Å². The molecule has 0 aliphatic rings. The molecule has 0 fully saturated rings. The number of halogens is 1. The highest BCUT2D eigenvalue weighted by molar-refractivity contribution is 9.10. The monoisotopic (exact) mass is 452 g/mol. The van der Waals surface area contributed by atoms with Crippen LogP contribution in [0.15, 0.2) is 70.1 Å². The second-order valence-corrected chi connectivity index (χ2v) is 7.34. The van der Waals surface area contributed by atoms with Gasteiger partial charge < -0.3 is 10.6 Å². The molecule has 0 aliphatic heterocycles. The number of anilines is 3. The summed E-state index contributed by atoms with van der Waals surface area (Å²) in [6, 6.07) is 16.8. The Kier molecular flexibility index (Phi) is 5.13. The van der Waals surface area contributed by atoms with E-state index < -0.39 is 5.69 Å². The van der Waals surface area contributed by atoms with Crippen molar-refractivity contribution in [2.45, 2.75) is 13.5 Å². The fourth-order valence-electron chi connectivity index (χ4n) is 2.84. The Morgan fingerprint density at radius 3 is 2.69 bits per heavy atom. The van der Waals surface area contributed by atoms with Gasteiger partial charge in [-0.05, 0) is 48.9 Å². The molecule has 4 aromatic rings. The molecule has 0 bridgehead atoms. The van der Waals surface area contributed by atoms with Crippen LogP contribution in [0.2, 0.25) is 0 Å². The maximum atomic E-state index is 12.5. The number of fused-ring (bicyclic) bond motifs is 1. The molecule has 0 radical (unpaired) electrons. The van der Waals surface area contributed by atoms with Crippen molar-refractivity contribution >= 4 is 44.8 Å². The number of carbonyl (C=O) groups is 1. The van der Waals surface area contributed by atoms with Crippen LogP contribution in [0, 0.1) is 6.92 Å². The van der Waals surface area contributed by atoms with E-state index >= 15 is 0 Å². The van der Waals surface area contributed by atoms with Crippen molar-refractivity contribution in [2.24, 2.45) is 0 Å². The summed E-state index contributed by atoms with van der Waals surface area (Å²) in [5.41, 5.74) is 2.03. The van der Waals surface area contributed by atoms with Crippen LogP contribution in [0.5, 0.6) is 0 Å². The molecular formula is C20H17BrN6O2. The van der Waals surface area contributed by atoms with Gasteiger partial charge in [0.25, 0.3) is 5.78 Å². The standard InChI is InChI=1S/C20H17BrN6O2/c1-13-11-14(21)7-8-16(13)23-18(28)12-27-20(29)26-10-9-17(24-19(26)25-27)22-15-5-3-2-4-6-15/h2-11H,12H2,1H3,(H,23,28)(H,22,24,25). The first kappa shape index (κ1) is 18.9. The Bertz CT molecular complexity index is 1250. The summed E-state index contributed by atoms with van der Waals surface area (Å²) in [6.07, 6.45) is 1.58. The van der Waals surface area contributed by atoms with Gasteiger partial charge in [-0.15, -0.1) is 5.10 Å². The van der Waals surface area contributed by atoms with Gasteiger partial charge in [0.15, 0.2) is 0 Å². The lowest BCUT2D eigenvalue weighted by molar-refractivity contribution is -0.117. The van der Waals surface area contributed by atoms with Crippen LogP contribution in [0.3, 0.4) is 0 Å². The number of aryl methyl sites for hydroxylation is 1. The SMILES string of the molecule is Cc1cc(Br)ccc1NC(=O)Cn1nc2nc(Nc3ccccc3)ccn2c1=O. The Morgan fingerprint density at radius 1 is 1.14 bits per heavy atom. The minimum Gasteiger partial charge on any atom is -0.340 e. The van der Waals surface area contributed by atoms with Crippen molar-refractivity contribution in [2.75, 3.05) is 10.6 Å². The fraction of sp³-hybridized carbons (Fsp3) is 0.100. The second-order valence-electron chi connectivity index (χ2n) is 6.42. The van der Waals surface area contributed by atoms with Crippen LogP contribution >= 0.6 is 15.9 Å². The number of hydrogen-bond acceptors (Lipinski definition) is 5. The van der Waals surface area contributed by atoms with Gasteiger partial charge in [0.2, 0.25) is 5.91 Å². The van der Waals surface area contributed by atoms with Gasteiger partial charge in [0.05, 0.1) is 0 Å².